The molecule has 0 unspecified atom stereocenters. The van der Waals surface area contributed by atoms with Crippen LogP contribution in [0.4, 0.5) is 0 Å². The number of rotatable bonds is 7. The molecule has 1 heterocycles. The minimum absolute atomic E-state index is 0.120. The molecule has 0 saturated heterocycles. The van der Waals surface area contributed by atoms with Crippen molar-refractivity contribution in [3.8, 4) is 5.75 Å². The van der Waals surface area contributed by atoms with Crippen LogP contribution in [0.2, 0.25) is 0 Å². The average Bonchev–Trinajstić information content (AvgIpc) is 3.02. The van der Waals surface area contributed by atoms with E-state index in [9.17, 15) is 4.79 Å². The van der Waals surface area contributed by atoms with E-state index in [4.69, 9.17) is 9.47 Å². The number of carbonyl (C=O) groups is 1. The zero-order valence-corrected chi connectivity index (χ0v) is 13.4. The summed E-state index contributed by atoms with van der Waals surface area (Å²) in [4.78, 5) is 16.3. The molecule has 1 N–H and O–H groups in total. The largest absolute Gasteiger partial charge is 0.491 e. The Labute approximate surface area is 133 Å². The topological polar surface area (TPSA) is 60.5 Å². The molecule has 0 radical (unpaired) electrons. The van der Waals surface area contributed by atoms with E-state index in [1.165, 1.54) is 11.3 Å². The van der Waals surface area contributed by atoms with Crippen LogP contribution in [-0.2, 0) is 4.74 Å². The molecule has 22 heavy (non-hydrogen) atoms. The molecule has 2 rings (SSSR count). The summed E-state index contributed by atoms with van der Waals surface area (Å²) in [6.45, 7) is 1.08. The number of aromatic nitrogens is 1. The Bertz CT molecular complexity index is 652. The van der Waals surface area contributed by atoms with Gasteiger partial charge >= 0.3 is 0 Å². The second-order valence-electron chi connectivity index (χ2n) is 4.39. The standard InChI is InChI=1S/C16H18N2O3S/c1-17-16(19)14-11-18-15(22-14)7-6-12-4-3-5-13(10-12)21-9-8-20-2/h3-7,10-11H,8-9H2,1-2H3,(H,17,19). The summed E-state index contributed by atoms with van der Waals surface area (Å²) in [6.07, 6.45) is 5.40. The molecule has 0 aliphatic heterocycles. The van der Waals surface area contributed by atoms with Gasteiger partial charge in [-0.15, -0.1) is 11.3 Å². The van der Waals surface area contributed by atoms with Crippen LogP contribution in [0.1, 0.15) is 20.2 Å². The number of thiazole rings is 1. The quantitative estimate of drug-likeness (QED) is 0.797. The van der Waals surface area contributed by atoms with Gasteiger partial charge in [-0.3, -0.25) is 4.79 Å². The molecule has 0 bridgehead atoms. The number of carbonyl (C=O) groups excluding carboxylic acids is 1. The summed E-state index contributed by atoms with van der Waals surface area (Å²) in [5.41, 5.74) is 1.01. The van der Waals surface area contributed by atoms with Gasteiger partial charge in [-0.1, -0.05) is 18.2 Å². The Kier molecular flexibility index (Phi) is 6.12. The number of ether oxygens (including phenoxy) is 2. The molecule has 0 spiro atoms. The lowest BCUT2D eigenvalue weighted by Gasteiger charge is -2.05. The van der Waals surface area contributed by atoms with Gasteiger partial charge in [-0.25, -0.2) is 4.98 Å². The summed E-state index contributed by atoms with van der Waals surface area (Å²) in [7, 11) is 3.25. The van der Waals surface area contributed by atoms with Crippen molar-refractivity contribution < 1.29 is 14.3 Å². The molecular formula is C16H18N2O3S. The first-order valence-electron chi connectivity index (χ1n) is 6.80. The van der Waals surface area contributed by atoms with Gasteiger partial charge in [-0.2, -0.15) is 0 Å². The van der Waals surface area contributed by atoms with Crippen molar-refractivity contribution in [3.05, 3.63) is 45.9 Å². The molecule has 1 aromatic carbocycles. The Hall–Kier alpha value is -2.18. The van der Waals surface area contributed by atoms with Crippen molar-refractivity contribution in [2.75, 3.05) is 27.4 Å². The van der Waals surface area contributed by atoms with Crippen LogP contribution in [0.25, 0.3) is 12.2 Å². The van der Waals surface area contributed by atoms with Crippen LogP contribution in [0, 0.1) is 0 Å². The first-order chi connectivity index (χ1) is 10.7. The maximum absolute atomic E-state index is 11.5. The summed E-state index contributed by atoms with van der Waals surface area (Å²) in [5.74, 6) is 0.676. The summed E-state index contributed by atoms with van der Waals surface area (Å²) in [5, 5.41) is 3.36. The molecule has 0 aliphatic rings. The van der Waals surface area contributed by atoms with E-state index in [0.717, 1.165) is 16.3 Å². The smallest absolute Gasteiger partial charge is 0.262 e. The maximum atomic E-state index is 11.5. The van der Waals surface area contributed by atoms with Crippen molar-refractivity contribution in [1.82, 2.24) is 10.3 Å². The molecular weight excluding hydrogens is 300 g/mol. The van der Waals surface area contributed by atoms with Crippen LogP contribution in [-0.4, -0.2) is 38.3 Å². The third-order valence-electron chi connectivity index (χ3n) is 2.81. The Morgan fingerprint density at radius 1 is 1.36 bits per heavy atom. The van der Waals surface area contributed by atoms with E-state index in [1.54, 1.807) is 20.4 Å². The number of hydrogen-bond donors (Lipinski definition) is 1. The molecule has 0 fully saturated rings. The Balaban J connectivity index is 2.01. The number of methoxy groups -OCH3 is 1. The van der Waals surface area contributed by atoms with Crippen molar-refractivity contribution in [1.29, 1.82) is 0 Å². The lowest BCUT2D eigenvalue weighted by Crippen LogP contribution is -2.16. The van der Waals surface area contributed by atoms with Gasteiger partial charge in [0.15, 0.2) is 0 Å². The zero-order chi connectivity index (χ0) is 15.8. The molecule has 5 nitrogen and oxygen atoms in total. The van der Waals surface area contributed by atoms with Crippen LogP contribution in [0.15, 0.2) is 30.5 Å². The van der Waals surface area contributed by atoms with Crippen LogP contribution in [0.5, 0.6) is 5.75 Å². The fourth-order valence-corrected chi connectivity index (χ4v) is 2.48. The van der Waals surface area contributed by atoms with Gasteiger partial charge in [0.2, 0.25) is 0 Å². The number of hydrogen-bond acceptors (Lipinski definition) is 5. The highest BCUT2D eigenvalue weighted by Gasteiger charge is 2.06. The van der Waals surface area contributed by atoms with E-state index in [0.29, 0.717) is 18.1 Å². The third-order valence-corrected chi connectivity index (χ3v) is 3.77. The second kappa shape index (κ2) is 8.31. The lowest BCUT2D eigenvalue weighted by molar-refractivity contribution is 0.0967. The van der Waals surface area contributed by atoms with E-state index >= 15 is 0 Å². The van der Waals surface area contributed by atoms with E-state index in [1.807, 2.05) is 36.4 Å². The lowest BCUT2D eigenvalue weighted by atomic mass is 10.2. The van der Waals surface area contributed by atoms with Gasteiger partial charge in [0, 0.05) is 14.2 Å². The monoisotopic (exact) mass is 318 g/mol. The molecule has 0 saturated carbocycles. The fraction of sp³-hybridized carbons (Fsp3) is 0.250. The number of amides is 1. The van der Waals surface area contributed by atoms with Crippen LogP contribution in [0.3, 0.4) is 0 Å². The molecule has 0 aliphatic carbocycles. The Morgan fingerprint density at radius 3 is 3.00 bits per heavy atom. The van der Waals surface area contributed by atoms with Crippen molar-refractivity contribution in [2.45, 2.75) is 0 Å². The molecule has 1 aromatic heterocycles. The highest BCUT2D eigenvalue weighted by molar-refractivity contribution is 7.14. The van der Waals surface area contributed by atoms with Gasteiger partial charge in [0.1, 0.15) is 22.2 Å². The van der Waals surface area contributed by atoms with Crippen molar-refractivity contribution in [2.24, 2.45) is 0 Å². The molecule has 116 valence electrons. The predicted octanol–water partition coefficient (Wildman–Crippen LogP) is 2.70. The summed E-state index contributed by atoms with van der Waals surface area (Å²) >= 11 is 1.35. The van der Waals surface area contributed by atoms with Crippen molar-refractivity contribution in [3.63, 3.8) is 0 Å². The van der Waals surface area contributed by atoms with E-state index < -0.39 is 0 Å². The second-order valence-corrected chi connectivity index (χ2v) is 5.45. The number of nitrogens with one attached hydrogen (secondary N) is 1. The van der Waals surface area contributed by atoms with Gasteiger partial charge in [0.05, 0.1) is 12.8 Å². The van der Waals surface area contributed by atoms with Gasteiger partial charge in [-0.05, 0) is 23.8 Å². The zero-order valence-electron chi connectivity index (χ0n) is 12.5. The van der Waals surface area contributed by atoms with E-state index in [-0.39, 0.29) is 5.91 Å². The van der Waals surface area contributed by atoms with Crippen LogP contribution < -0.4 is 10.1 Å². The highest BCUT2D eigenvalue weighted by atomic mass is 32.1. The van der Waals surface area contributed by atoms with Gasteiger partial charge < -0.3 is 14.8 Å². The maximum Gasteiger partial charge on any atom is 0.262 e. The summed E-state index contributed by atoms with van der Waals surface area (Å²) < 4.78 is 10.5. The summed E-state index contributed by atoms with van der Waals surface area (Å²) in [6, 6.07) is 7.76. The van der Waals surface area contributed by atoms with E-state index in [2.05, 4.69) is 10.3 Å². The predicted molar refractivity (Wildman–Crippen MR) is 88.2 cm³/mol. The molecule has 0 atom stereocenters. The Morgan fingerprint density at radius 2 is 2.23 bits per heavy atom. The first-order valence-corrected chi connectivity index (χ1v) is 7.62. The minimum Gasteiger partial charge on any atom is -0.491 e. The molecule has 1 amide bonds. The molecule has 6 heteroatoms. The fourth-order valence-electron chi connectivity index (χ4n) is 1.71. The minimum atomic E-state index is -0.120. The van der Waals surface area contributed by atoms with Gasteiger partial charge in [0.25, 0.3) is 5.91 Å². The van der Waals surface area contributed by atoms with Crippen LogP contribution >= 0.6 is 11.3 Å². The average molecular weight is 318 g/mol. The SMILES string of the molecule is CNC(=O)c1cnc(C=Cc2cccc(OCCOC)c2)s1. The first kappa shape index (κ1) is 16.2. The normalized spacial score (nSPS) is 10.8. The highest BCUT2D eigenvalue weighted by Crippen LogP contribution is 2.18. The molecule has 2 aromatic rings. The number of benzene rings is 1. The number of nitrogens with zero attached hydrogens (tertiary/aromatic N) is 1. The van der Waals surface area contributed by atoms with Crippen molar-refractivity contribution >= 4 is 29.4 Å². The third kappa shape index (κ3) is 4.68.